The Kier molecular flexibility index (Phi) is 5.06. The first kappa shape index (κ1) is 19.1. The van der Waals surface area contributed by atoms with Crippen LogP contribution in [0.5, 0.6) is 0 Å². The molecule has 3 nitrogen and oxygen atoms in total. The van der Waals surface area contributed by atoms with Crippen LogP contribution in [0.2, 0.25) is 0 Å². The van der Waals surface area contributed by atoms with Crippen molar-refractivity contribution in [2.75, 3.05) is 0 Å². The molecule has 0 aliphatic heterocycles. The van der Waals surface area contributed by atoms with E-state index >= 15 is 0 Å². The minimum atomic E-state index is 0.0933. The zero-order valence-corrected chi connectivity index (χ0v) is 17.4. The fourth-order valence-electron chi connectivity index (χ4n) is 3.92. The second-order valence-corrected chi connectivity index (χ2v) is 7.93. The lowest BCUT2D eigenvalue weighted by Crippen LogP contribution is -2.32. The van der Waals surface area contributed by atoms with Gasteiger partial charge in [-0.1, -0.05) is 61.0 Å². The van der Waals surface area contributed by atoms with Crippen molar-refractivity contribution < 1.29 is 4.79 Å². The summed E-state index contributed by atoms with van der Waals surface area (Å²) >= 11 is 0. The third-order valence-electron chi connectivity index (χ3n) is 5.89. The number of aryl methyl sites for hydroxylation is 1. The first-order valence-electron chi connectivity index (χ1n) is 10.1. The number of benzene rings is 2. The third kappa shape index (κ3) is 3.73. The number of carbonyl (C=O) groups is 1. The molecule has 0 spiro atoms. The molecule has 1 aliphatic carbocycles. The molecule has 4 rings (SSSR count). The van der Waals surface area contributed by atoms with Gasteiger partial charge in [0.05, 0.1) is 6.20 Å². The van der Waals surface area contributed by atoms with Gasteiger partial charge in [0.1, 0.15) is 0 Å². The van der Waals surface area contributed by atoms with Gasteiger partial charge in [0.25, 0.3) is 0 Å². The van der Waals surface area contributed by atoms with E-state index in [0.717, 1.165) is 39.5 Å². The van der Waals surface area contributed by atoms with Crippen LogP contribution in [0.15, 0.2) is 67.0 Å². The second-order valence-electron chi connectivity index (χ2n) is 7.93. The summed E-state index contributed by atoms with van der Waals surface area (Å²) in [5, 5.41) is 6.63. The van der Waals surface area contributed by atoms with Crippen molar-refractivity contribution in [3.8, 4) is 11.1 Å². The smallest absolute Gasteiger partial charge is 0.159 e. The lowest BCUT2D eigenvalue weighted by Gasteiger charge is -2.15. The van der Waals surface area contributed by atoms with E-state index in [1.54, 1.807) is 6.92 Å². The van der Waals surface area contributed by atoms with E-state index in [2.05, 4.69) is 61.4 Å². The van der Waals surface area contributed by atoms with E-state index in [0.29, 0.717) is 5.92 Å². The van der Waals surface area contributed by atoms with Gasteiger partial charge in [0.2, 0.25) is 0 Å². The monoisotopic (exact) mass is 382 g/mol. The van der Waals surface area contributed by atoms with Crippen molar-refractivity contribution in [3.05, 3.63) is 88.6 Å². The molecule has 1 aromatic heterocycles. The molecule has 3 aromatic rings. The summed E-state index contributed by atoms with van der Waals surface area (Å²) in [6, 6.07) is 14.7. The molecule has 0 bridgehead atoms. The summed E-state index contributed by atoms with van der Waals surface area (Å²) in [4.78, 5) is 12.0. The quantitative estimate of drug-likeness (QED) is 0.635. The number of rotatable bonds is 3. The minimum Gasteiger partial charge on any atom is -0.295 e. The number of hydrogen-bond acceptors (Lipinski definition) is 2. The van der Waals surface area contributed by atoms with E-state index in [4.69, 9.17) is 0 Å². The minimum absolute atomic E-state index is 0.0933. The molecule has 1 unspecified atom stereocenters. The highest BCUT2D eigenvalue weighted by Gasteiger charge is 2.11. The molecule has 3 heteroatoms. The second kappa shape index (κ2) is 7.67. The van der Waals surface area contributed by atoms with Gasteiger partial charge in [-0.05, 0) is 59.4 Å². The fraction of sp³-hybridized carbons (Fsp3) is 0.231. The van der Waals surface area contributed by atoms with Crippen molar-refractivity contribution in [2.24, 2.45) is 13.0 Å². The zero-order valence-electron chi connectivity index (χ0n) is 17.4. The Labute approximate surface area is 171 Å². The van der Waals surface area contributed by atoms with Crippen molar-refractivity contribution in [3.63, 3.8) is 0 Å². The molecule has 0 radical (unpaired) electrons. The molecular formula is C26H26N2O. The molecule has 0 N–H and O–H groups in total. The Morgan fingerprint density at radius 2 is 1.76 bits per heavy atom. The van der Waals surface area contributed by atoms with Gasteiger partial charge >= 0.3 is 0 Å². The predicted molar refractivity (Wildman–Crippen MR) is 119 cm³/mol. The summed E-state index contributed by atoms with van der Waals surface area (Å²) in [6.45, 7) is 6.09. The van der Waals surface area contributed by atoms with Crippen molar-refractivity contribution >= 4 is 16.9 Å². The van der Waals surface area contributed by atoms with E-state index in [1.807, 2.05) is 36.3 Å². The van der Waals surface area contributed by atoms with Crippen LogP contribution in [0.3, 0.4) is 0 Å². The van der Waals surface area contributed by atoms with Crippen LogP contribution in [-0.2, 0) is 7.05 Å². The van der Waals surface area contributed by atoms with Crippen LogP contribution < -0.4 is 10.4 Å². The largest absolute Gasteiger partial charge is 0.295 e. The lowest BCUT2D eigenvalue weighted by atomic mass is 9.89. The Balaban J connectivity index is 1.95. The number of Topliss-reactive ketones (excluding diaryl/α,β-unsaturated/α-hetero) is 1. The van der Waals surface area contributed by atoms with Gasteiger partial charge in [-0.15, -0.1) is 0 Å². The zero-order chi connectivity index (χ0) is 20.5. The molecular weight excluding hydrogens is 356 g/mol. The van der Waals surface area contributed by atoms with E-state index in [9.17, 15) is 4.79 Å². The van der Waals surface area contributed by atoms with Crippen molar-refractivity contribution in [1.29, 1.82) is 0 Å². The van der Waals surface area contributed by atoms with Crippen LogP contribution in [0, 0.1) is 5.92 Å². The first-order valence-corrected chi connectivity index (χ1v) is 10.1. The molecule has 0 fully saturated rings. The average Bonchev–Trinajstić information content (AvgIpc) is 3.16. The average molecular weight is 383 g/mol. The Hall–Kier alpha value is -3.20. The van der Waals surface area contributed by atoms with Gasteiger partial charge < -0.3 is 0 Å². The van der Waals surface area contributed by atoms with Gasteiger partial charge in [-0.2, -0.15) is 5.10 Å². The number of aromatic nitrogens is 2. The van der Waals surface area contributed by atoms with Crippen molar-refractivity contribution in [1.82, 2.24) is 9.78 Å². The van der Waals surface area contributed by atoms with Crippen LogP contribution in [0.1, 0.15) is 43.1 Å². The predicted octanol–water partition coefficient (Wildman–Crippen LogP) is 4.26. The summed E-state index contributed by atoms with van der Waals surface area (Å²) < 4.78 is 1.81. The number of ketones is 1. The normalized spacial score (nSPS) is 21.2. The standard InChI is InChI=1S/C26H26N2O/c1-17-6-5-7-25(26-14-22(19(3)29)12-13-24(26)18(17)2)21-10-8-20(9-11-21)23-15-27-28(4)16-23/h5,7-17H,6H2,1-4H3/b7-5+,24-18-,26-25+. The SMILES string of the molecule is CC(=O)c1ccc2/c(c1)=C(c1ccc(-c3cnn(C)c3)cc1)\C=C\CC(C)\C=2C. The molecule has 0 amide bonds. The van der Waals surface area contributed by atoms with Gasteiger partial charge in [-0.3, -0.25) is 9.48 Å². The summed E-state index contributed by atoms with van der Waals surface area (Å²) in [6.07, 6.45) is 9.38. The van der Waals surface area contributed by atoms with E-state index in [1.165, 1.54) is 10.8 Å². The molecule has 1 atom stereocenters. The van der Waals surface area contributed by atoms with Crippen LogP contribution in [0.4, 0.5) is 0 Å². The Morgan fingerprint density at radius 3 is 2.41 bits per heavy atom. The lowest BCUT2D eigenvalue weighted by molar-refractivity contribution is 0.101. The summed E-state index contributed by atoms with van der Waals surface area (Å²) in [5.74, 6) is 0.568. The van der Waals surface area contributed by atoms with E-state index < -0.39 is 0 Å². The Bertz CT molecular complexity index is 1230. The number of allylic oxidation sites excluding steroid dienone is 2. The maximum absolute atomic E-state index is 12.0. The molecule has 0 saturated heterocycles. The summed E-state index contributed by atoms with van der Waals surface area (Å²) in [5.41, 5.74) is 6.68. The maximum Gasteiger partial charge on any atom is 0.159 e. The number of carbonyl (C=O) groups excluding carboxylic acids is 1. The van der Waals surface area contributed by atoms with Gasteiger partial charge in [-0.25, -0.2) is 0 Å². The number of fused-ring (bicyclic) bond motifs is 1. The van der Waals surface area contributed by atoms with Crippen LogP contribution >= 0.6 is 0 Å². The van der Waals surface area contributed by atoms with E-state index in [-0.39, 0.29) is 5.78 Å². The molecule has 1 heterocycles. The third-order valence-corrected chi connectivity index (χ3v) is 5.89. The van der Waals surface area contributed by atoms with Gasteiger partial charge in [0, 0.05) is 24.4 Å². The van der Waals surface area contributed by atoms with Crippen LogP contribution in [-0.4, -0.2) is 15.6 Å². The van der Waals surface area contributed by atoms with Crippen molar-refractivity contribution in [2.45, 2.75) is 27.2 Å². The highest BCUT2D eigenvalue weighted by Crippen LogP contribution is 2.23. The highest BCUT2D eigenvalue weighted by atomic mass is 16.1. The fourth-order valence-corrected chi connectivity index (χ4v) is 3.92. The molecule has 146 valence electrons. The molecule has 29 heavy (non-hydrogen) atoms. The first-order chi connectivity index (χ1) is 13.9. The van der Waals surface area contributed by atoms with Gasteiger partial charge in [0.15, 0.2) is 5.78 Å². The molecule has 2 aromatic carbocycles. The topological polar surface area (TPSA) is 34.9 Å². The van der Waals surface area contributed by atoms with Crippen LogP contribution in [0.25, 0.3) is 22.3 Å². The maximum atomic E-state index is 12.0. The number of hydrogen-bond donors (Lipinski definition) is 0. The number of nitrogens with zero attached hydrogens (tertiary/aromatic N) is 2. The molecule has 1 aliphatic rings. The summed E-state index contributed by atoms with van der Waals surface area (Å²) in [7, 11) is 1.93. The molecule has 0 saturated carbocycles. The Morgan fingerprint density at radius 1 is 1.03 bits per heavy atom. The highest BCUT2D eigenvalue weighted by molar-refractivity contribution is 5.94.